The van der Waals surface area contributed by atoms with Crippen LogP contribution in [-0.4, -0.2) is 35.6 Å². The molecule has 6 heteroatoms. The number of amides is 1. The second-order valence-electron chi connectivity index (χ2n) is 4.51. The van der Waals surface area contributed by atoms with Crippen LogP contribution in [-0.2, 0) is 9.59 Å². The summed E-state index contributed by atoms with van der Waals surface area (Å²) in [5, 5.41) is 11.6. The first-order valence-electron chi connectivity index (χ1n) is 5.19. The Bertz CT molecular complexity index is 266. The summed E-state index contributed by atoms with van der Waals surface area (Å²) in [5.41, 5.74) is 9.52. The van der Waals surface area contributed by atoms with E-state index in [0.29, 0.717) is 12.8 Å². The van der Waals surface area contributed by atoms with Gasteiger partial charge in [-0.3, -0.25) is 9.59 Å². The number of carbonyl (C=O) groups excluding carboxylic acids is 1. The molecule has 0 fully saturated rings. The van der Waals surface area contributed by atoms with Crippen LogP contribution in [0.4, 0.5) is 0 Å². The quantitative estimate of drug-likeness (QED) is 0.461. The summed E-state index contributed by atoms with van der Waals surface area (Å²) in [6.07, 6.45) is 0.777. The molecule has 1 amide bonds. The Hall–Kier alpha value is -1.14. The number of hydrogen-bond donors (Lipinski definition) is 4. The van der Waals surface area contributed by atoms with E-state index in [1.165, 1.54) is 6.92 Å². The highest BCUT2D eigenvalue weighted by Gasteiger charge is 2.31. The van der Waals surface area contributed by atoms with Gasteiger partial charge in [0.2, 0.25) is 5.91 Å². The summed E-state index contributed by atoms with van der Waals surface area (Å²) in [6.45, 7) is 3.31. The largest absolute Gasteiger partial charge is 0.480 e. The number of hydrogen-bond acceptors (Lipinski definition) is 4. The minimum Gasteiger partial charge on any atom is -0.480 e. The summed E-state index contributed by atoms with van der Waals surface area (Å²) in [5.74, 6) is -1.49. The van der Waals surface area contributed by atoms with Crippen LogP contribution < -0.4 is 16.8 Å². The second-order valence-corrected chi connectivity index (χ2v) is 4.51. The van der Waals surface area contributed by atoms with Crippen LogP contribution in [0.2, 0.25) is 0 Å². The average molecular weight is 231 g/mol. The fourth-order valence-corrected chi connectivity index (χ4v) is 1.67. The molecule has 0 saturated carbocycles. The third kappa shape index (κ3) is 4.59. The maximum Gasteiger partial charge on any atom is 0.323 e. The third-order valence-corrected chi connectivity index (χ3v) is 2.59. The Kier molecular flexibility index (Phi) is 5.40. The van der Waals surface area contributed by atoms with Crippen molar-refractivity contribution in [3.05, 3.63) is 0 Å². The van der Waals surface area contributed by atoms with Crippen LogP contribution in [0.5, 0.6) is 0 Å². The lowest BCUT2D eigenvalue weighted by atomic mass is 9.87. The molecular weight excluding hydrogens is 210 g/mol. The Morgan fingerprint density at radius 3 is 2.31 bits per heavy atom. The molecule has 0 aliphatic heterocycles. The first-order chi connectivity index (χ1) is 7.20. The van der Waals surface area contributed by atoms with Crippen LogP contribution in [0.25, 0.3) is 0 Å². The highest BCUT2D eigenvalue weighted by atomic mass is 16.4. The lowest BCUT2D eigenvalue weighted by molar-refractivity contribution is -0.143. The van der Waals surface area contributed by atoms with Gasteiger partial charge in [0.05, 0.1) is 6.04 Å². The van der Waals surface area contributed by atoms with Crippen molar-refractivity contribution in [2.24, 2.45) is 17.4 Å². The third-order valence-electron chi connectivity index (χ3n) is 2.59. The molecule has 0 saturated heterocycles. The van der Waals surface area contributed by atoms with Crippen molar-refractivity contribution in [3.63, 3.8) is 0 Å². The highest BCUT2D eigenvalue weighted by Crippen LogP contribution is 2.18. The van der Waals surface area contributed by atoms with Crippen molar-refractivity contribution in [1.82, 2.24) is 5.32 Å². The van der Waals surface area contributed by atoms with Gasteiger partial charge in [-0.1, -0.05) is 6.92 Å². The molecule has 0 spiro atoms. The summed E-state index contributed by atoms with van der Waals surface area (Å²) in [6, 6.07) is -0.445. The van der Waals surface area contributed by atoms with E-state index in [0.717, 1.165) is 0 Å². The molecule has 0 rings (SSSR count). The van der Waals surface area contributed by atoms with Gasteiger partial charge in [0.25, 0.3) is 0 Å². The maximum atomic E-state index is 11.0. The van der Waals surface area contributed by atoms with Crippen molar-refractivity contribution in [3.8, 4) is 0 Å². The van der Waals surface area contributed by atoms with Gasteiger partial charge in [0.1, 0.15) is 5.54 Å². The molecule has 0 heterocycles. The molecule has 3 unspecified atom stereocenters. The summed E-state index contributed by atoms with van der Waals surface area (Å²) in [7, 11) is 1.64. The zero-order valence-electron chi connectivity index (χ0n) is 9.99. The van der Waals surface area contributed by atoms with Crippen molar-refractivity contribution < 1.29 is 14.7 Å². The van der Waals surface area contributed by atoms with E-state index in [2.05, 4.69) is 5.32 Å². The van der Waals surface area contributed by atoms with E-state index in [1.54, 1.807) is 7.05 Å². The van der Waals surface area contributed by atoms with Crippen molar-refractivity contribution in [2.75, 3.05) is 7.05 Å². The SMILES string of the molecule is CNC(CC(C)CC(C)(N)C(=O)O)C(N)=O. The van der Waals surface area contributed by atoms with Crippen LogP contribution in [0.1, 0.15) is 26.7 Å². The van der Waals surface area contributed by atoms with Gasteiger partial charge in [-0.15, -0.1) is 0 Å². The zero-order valence-corrected chi connectivity index (χ0v) is 9.99. The Morgan fingerprint density at radius 1 is 1.50 bits per heavy atom. The van der Waals surface area contributed by atoms with Crippen LogP contribution in [0.15, 0.2) is 0 Å². The normalized spacial score (nSPS) is 18.5. The average Bonchev–Trinajstić information content (AvgIpc) is 2.12. The molecule has 0 aromatic rings. The number of aliphatic carboxylic acids is 1. The lowest BCUT2D eigenvalue weighted by Gasteiger charge is -2.25. The number of carboxylic acids is 1. The fourth-order valence-electron chi connectivity index (χ4n) is 1.67. The zero-order chi connectivity index (χ0) is 12.9. The summed E-state index contributed by atoms with van der Waals surface area (Å²) >= 11 is 0. The molecular formula is C10H21N3O3. The topological polar surface area (TPSA) is 118 Å². The van der Waals surface area contributed by atoms with Crippen molar-refractivity contribution in [1.29, 1.82) is 0 Å². The van der Waals surface area contributed by atoms with Crippen LogP contribution in [0.3, 0.4) is 0 Å². The highest BCUT2D eigenvalue weighted by molar-refractivity contribution is 5.80. The Balaban J connectivity index is 4.32. The van der Waals surface area contributed by atoms with Gasteiger partial charge in [-0.25, -0.2) is 0 Å². The molecule has 0 aliphatic rings. The van der Waals surface area contributed by atoms with E-state index in [-0.39, 0.29) is 5.92 Å². The molecule has 0 aliphatic carbocycles. The molecule has 0 bridgehead atoms. The number of rotatable bonds is 7. The van der Waals surface area contributed by atoms with Gasteiger partial charge in [-0.2, -0.15) is 0 Å². The maximum absolute atomic E-state index is 11.0. The number of nitrogens with two attached hydrogens (primary N) is 2. The minimum absolute atomic E-state index is 0.00366. The number of likely N-dealkylation sites (N-methyl/N-ethyl adjacent to an activating group) is 1. The van der Waals surface area contributed by atoms with Gasteiger partial charge in [0.15, 0.2) is 0 Å². The molecule has 6 nitrogen and oxygen atoms in total. The number of carbonyl (C=O) groups is 2. The number of carboxylic acid groups (broad SMARTS) is 1. The van der Waals surface area contributed by atoms with Gasteiger partial charge in [0, 0.05) is 0 Å². The molecule has 0 aromatic heterocycles. The van der Waals surface area contributed by atoms with Crippen LogP contribution >= 0.6 is 0 Å². The van der Waals surface area contributed by atoms with E-state index < -0.39 is 23.5 Å². The van der Waals surface area contributed by atoms with E-state index in [1.807, 2.05) is 6.92 Å². The molecule has 3 atom stereocenters. The second kappa shape index (κ2) is 5.81. The Labute approximate surface area is 95.4 Å². The van der Waals surface area contributed by atoms with E-state index in [4.69, 9.17) is 16.6 Å². The van der Waals surface area contributed by atoms with Gasteiger partial charge in [-0.05, 0) is 32.7 Å². The molecule has 6 N–H and O–H groups in total. The smallest absolute Gasteiger partial charge is 0.323 e. The number of nitrogens with one attached hydrogen (secondary N) is 1. The van der Waals surface area contributed by atoms with Crippen LogP contribution in [0, 0.1) is 5.92 Å². The van der Waals surface area contributed by atoms with E-state index in [9.17, 15) is 9.59 Å². The van der Waals surface area contributed by atoms with Crippen molar-refractivity contribution in [2.45, 2.75) is 38.3 Å². The Morgan fingerprint density at radius 2 is 2.00 bits per heavy atom. The molecule has 94 valence electrons. The van der Waals surface area contributed by atoms with E-state index >= 15 is 0 Å². The van der Waals surface area contributed by atoms with Crippen molar-refractivity contribution >= 4 is 11.9 Å². The van der Waals surface area contributed by atoms with Gasteiger partial charge >= 0.3 is 5.97 Å². The first kappa shape index (κ1) is 14.9. The predicted octanol–water partition coefficient (Wildman–Crippen LogP) is -0.722. The molecule has 0 radical (unpaired) electrons. The summed E-state index contributed by atoms with van der Waals surface area (Å²) in [4.78, 5) is 21.8. The molecule has 0 aromatic carbocycles. The fraction of sp³-hybridized carbons (Fsp3) is 0.800. The lowest BCUT2D eigenvalue weighted by Crippen LogP contribution is -2.47. The first-order valence-corrected chi connectivity index (χ1v) is 5.19. The van der Waals surface area contributed by atoms with Gasteiger partial charge < -0.3 is 21.9 Å². The summed E-state index contributed by atoms with van der Waals surface area (Å²) < 4.78 is 0. The molecule has 16 heavy (non-hydrogen) atoms. The predicted molar refractivity (Wildman–Crippen MR) is 60.7 cm³/mol. The number of primary amides is 1. The minimum atomic E-state index is -1.27. The monoisotopic (exact) mass is 231 g/mol. The standard InChI is InChI=1S/C10H21N3O3/c1-6(4-7(13-3)8(11)14)5-10(2,12)9(15)16/h6-7,13H,4-5,12H2,1-3H3,(H2,11,14)(H,15,16).